The number of hydrogen-bond acceptors (Lipinski definition) is 1. The van der Waals surface area contributed by atoms with E-state index in [9.17, 15) is 0 Å². The highest BCUT2D eigenvalue weighted by Gasteiger charge is 2.11. The fourth-order valence-corrected chi connectivity index (χ4v) is 1.62. The quantitative estimate of drug-likeness (QED) is 0.644. The summed E-state index contributed by atoms with van der Waals surface area (Å²) in [6, 6.07) is 9.85. The van der Waals surface area contributed by atoms with E-state index in [-0.39, 0.29) is 0 Å². The highest BCUT2D eigenvalue weighted by Crippen LogP contribution is 2.24. The molecule has 0 aliphatic carbocycles. The molecule has 0 aliphatic rings. The Bertz CT molecular complexity index is 518. The van der Waals surface area contributed by atoms with Crippen molar-refractivity contribution in [3.05, 3.63) is 53.1 Å². The molecular formula is C12H11N3. The van der Waals surface area contributed by atoms with Crippen molar-refractivity contribution in [2.45, 2.75) is 13.8 Å². The first-order chi connectivity index (χ1) is 7.24. The highest BCUT2D eigenvalue weighted by molar-refractivity contribution is 5.55. The van der Waals surface area contributed by atoms with Crippen LogP contribution in [0.3, 0.4) is 0 Å². The Labute approximate surface area is 88.8 Å². The van der Waals surface area contributed by atoms with Crippen molar-refractivity contribution in [2.24, 2.45) is 0 Å². The van der Waals surface area contributed by atoms with E-state index in [1.54, 1.807) is 0 Å². The van der Waals surface area contributed by atoms with Crippen LogP contribution < -0.4 is 0 Å². The van der Waals surface area contributed by atoms with E-state index in [4.69, 9.17) is 6.57 Å². The Morgan fingerprint density at radius 3 is 2.40 bits per heavy atom. The molecule has 1 heterocycles. The minimum Gasteiger partial charge on any atom is -0.249 e. The monoisotopic (exact) mass is 197 g/mol. The van der Waals surface area contributed by atoms with Crippen molar-refractivity contribution in [1.29, 1.82) is 0 Å². The summed E-state index contributed by atoms with van der Waals surface area (Å²) < 4.78 is 1.81. The van der Waals surface area contributed by atoms with E-state index >= 15 is 0 Å². The molecule has 0 aliphatic heterocycles. The van der Waals surface area contributed by atoms with E-state index in [0.29, 0.717) is 5.69 Å². The van der Waals surface area contributed by atoms with Gasteiger partial charge in [0, 0.05) is 5.69 Å². The summed E-state index contributed by atoms with van der Waals surface area (Å²) in [5, 5.41) is 4.35. The maximum absolute atomic E-state index is 7.07. The zero-order chi connectivity index (χ0) is 10.8. The number of aromatic nitrogens is 2. The lowest BCUT2D eigenvalue weighted by molar-refractivity contribution is 0.834. The van der Waals surface area contributed by atoms with Gasteiger partial charge in [-0.2, -0.15) is 5.10 Å². The van der Waals surface area contributed by atoms with E-state index in [2.05, 4.69) is 9.94 Å². The second-order valence-corrected chi connectivity index (χ2v) is 3.38. The minimum absolute atomic E-state index is 0.652. The maximum atomic E-state index is 7.07. The number of nitrogens with zero attached hydrogens (tertiary/aromatic N) is 3. The summed E-state index contributed by atoms with van der Waals surface area (Å²) in [5.41, 5.74) is 3.33. The molecule has 0 spiro atoms. The van der Waals surface area contributed by atoms with E-state index < -0.39 is 0 Å². The molecule has 0 amide bonds. The summed E-state index contributed by atoms with van der Waals surface area (Å²) in [4.78, 5) is 3.48. The number of rotatable bonds is 1. The van der Waals surface area contributed by atoms with Gasteiger partial charge in [0.1, 0.15) is 0 Å². The molecule has 74 valence electrons. The molecule has 0 saturated heterocycles. The Morgan fingerprint density at radius 1 is 1.20 bits per heavy atom. The van der Waals surface area contributed by atoms with Gasteiger partial charge in [-0.05, 0) is 26.0 Å². The van der Waals surface area contributed by atoms with Crippen LogP contribution in [0.1, 0.15) is 11.4 Å². The predicted molar refractivity (Wildman–Crippen MR) is 59.3 cm³/mol. The lowest BCUT2D eigenvalue weighted by atomic mass is 10.3. The van der Waals surface area contributed by atoms with E-state index in [1.807, 2.05) is 48.9 Å². The van der Waals surface area contributed by atoms with Gasteiger partial charge in [-0.3, -0.25) is 0 Å². The van der Waals surface area contributed by atoms with Crippen molar-refractivity contribution in [2.75, 3.05) is 0 Å². The summed E-state index contributed by atoms with van der Waals surface area (Å²) in [7, 11) is 0. The van der Waals surface area contributed by atoms with E-state index in [0.717, 1.165) is 17.1 Å². The van der Waals surface area contributed by atoms with Gasteiger partial charge in [0.05, 0.1) is 18.0 Å². The SMILES string of the molecule is [C-]#[N+]c1c(C)nn(-c2ccccc2)c1C. The smallest absolute Gasteiger partial charge is 0.230 e. The third-order valence-corrected chi connectivity index (χ3v) is 2.37. The number of para-hydroxylation sites is 1. The Morgan fingerprint density at radius 2 is 1.87 bits per heavy atom. The van der Waals surface area contributed by atoms with Crippen LogP contribution in [0.5, 0.6) is 0 Å². The minimum atomic E-state index is 0.652. The van der Waals surface area contributed by atoms with Crippen molar-refractivity contribution in [1.82, 2.24) is 9.78 Å². The standard InChI is InChI=1S/C12H11N3/c1-9-12(13-3)10(2)15(14-9)11-7-5-4-6-8-11/h4-8H,1-2H3. The molecule has 3 heteroatoms. The molecule has 0 fully saturated rings. The molecule has 0 atom stereocenters. The molecule has 15 heavy (non-hydrogen) atoms. The van der Waals surface area contributed by atoms with Gasteiger partial charge >= 0.3 is 0 Å². The molecule has 3 nitrogen and oxygen atoms in total. The number of benzene rings is 1. The zero-order valence-electron chi connectivity index (χ0n) is 8.73. The fraction of sp³-hybridized carbons (Fsp3) is 0.167. The second kappa shape index (κ2) is 3.58. The van der Waals surface area contributed by atoms with Gasteiger partial charge in [-0.25, -0.2) is 9.53 Å². The van der Waals surface area contributed by atoms with Crippen LogP contribution in [-0.4, -0.2) is 9.78 Å². The summed E-state index contributed by atoms with van der Waals surface area (Å²) in [5.74, 6) is 0. The zero-order valence-corrected chi connectivity index (χ0v) is 8.73. The van der Waals surface area contributed by atoms with Crippen LogP contribution in [0.2, 0.25) is 0 Å². The van der Waals surface area contributed by atoms with Gasteiger partial charge in [0.15, 0.2) is 0 Å². The highest BCUT2D eigenvalue weighted by atomic mass is 15.3. The Hall–Kier alpha value is -2.08. The molecule has 0 N–H and O–H groups in total. The number of hydrogen-bond donors (Lipinski definition) is 0. The first kappa shape index (κ1) is 9.47. The molecule has 0 radical (unpaired) electrons. The van der Waals surface area contributed by atoms with Crippen LogP contribution in [0.25, 0.3) is 10.5 Å². The average Bonchev–Trinajstić information content (AvgIpc) is 2.55. The van der Waals surface area contributed by atoms with Crippen LogP contribution >= 0.6 is 0 Å². The van der Waals surface area contributed by atoms with Gasteiger partial charge in [-0.15, -0.1) is 0 Å². The second-order valence-electron chi connectivity index (χ2n) is 3.38. The van der Waals surface area contributed by atoms with Gasteiger partial charge in [0.2, 0.25) is 5.69 Å². The third kappa shape index (κ3) is 1.50. The number of aryl methyl sites for hydroxylation is 1. The van der Waals surface area contributed by atoms with Crippen molar-refractivity contribution in [3.63, 3.8) is 0 Å². The lowest BCUT2D eigenvalue weighted by Crippen LogP contribution is -1.97. The lowest BCUT2D eigenvalue weighted by Gasteiger charge is -2.03. The molecule has 0 bridgehead atoms. The summed E-state index contributed by atoms with van der Waals surface area (Å²) >= 11 is 0. The molecule has 1 aromatic heterocycles. The average molecular weight is 197 g/mol. The van der Waals surface area contributed by atoms with Crippen molar-refractivity contribution < 1.29 is 0 Å². The Kier molecular flexibility index (Phi) is 2.26. The largest absolute Gasteiger partial charge is 0.249 e. The molecule has 2 aromatic rings. The maximum Gasteiger partial charge on any atom is 0.230 e. The Balaban J connectivity index is 2.62. The van der Waals surface area contributed by atoms with Gasteiger partial charge in [-0.1, -0.05) is 18.2 Å². The topological polar surface area (TPSA) is 22.2 Å². The third-order valence-electron chi connectivity index (χ3n) is 2.37. The molecule has 0 unspecified atom stereocenters. The van der Waals surface area contributed by atoms with Crippen LogP contribution in [0.4, 0.5) is 5.69 Å². The van der Waals surface area contributed by atoms with Gasteiger partial charge in [0.25, 0.3) is 0 Å². The first-order valence-corrected chi connectivity index (χ1v) is 4.73. The van der Waals surface area contributed by atoms with Crippen LogP contribution in [0.15, 0.2) is 30.3 Å². The molecular weight excluding hydrogens is 186 g/mol. The van der Waals surface area contributed by atoms with Crippen molar-refractivity contribution >= 4 is 5.69 Å². The normalized spacial score (nSPS) is 9.93. The van der Waals surface area contributed by atoms with Gasteiger partial charge < -0.3 is 0 Å². The molecule has 2 rings (SSSR count). The van der Waals surface area contributed by atoms with Crippen molar-refractivity contribution in [3.8, 4) is 5.69 Å². The fourth-order valence-electron chi connectivity index (χ4n) is 1.62. The van der Waals surface area contributed by atoms with Crippen LogP contribution in [-0.2, 0) is 0 Å². The van der Waals surface area contributed by atoms with Crippen LogP contribution in [0, 0.1) is 20.4 Å². The predicted octanol–water partition coefficient (Wildman–Crippen LogP) is 3.04. The summed E-state index contributed by atoms with van der Waals surface area (Å²) in [6.07, 6.45) is 0. The van der Waals surface area contributed by atoms with E-state index in [1.165, 1.54) is 0 Å². The first-order valence-electron chi connectivity index (χ1n) is 4.73. The molecule has 1 aromatic carbocycles. The summed E-state index contributed by atoms with van der Waals surface area (Å²) in [6.45, 7) is 10.9. The molecule has 0 saturated carbocycles.